The van der Waals surface area contributed by atoms with E-state index in [0.29, 0.717) is 13.0 Å². The highest BCUT2D eigenvalue weighted by atomic mass is 32.1. The summed E-state index contributed by atoms with van der Waals surface area (Å²) in [5.41, 5.74) is 2.15. The maximum Gasteiger partial charge on any atom is 0.226 e. The Morgan fingerprint density at radius 2 is 1.92 bits per heavy atom. The summed E-state index contributed by atoms with van der Waals surface area (Å²) in [5, 5.41) is 6.12. The molecular formula is C20H27N3OS. The summed E-state index contributed by atoms with van der Waals surface area (Å²) < 4.78 is 0. The minimum absolute atomic E-state index is 0.0565. The molecule has 3 rings (SSSR count). The number of aryl methyl sites for hydroxylation is 1. The van der Waals surface area contributed by atoms with Crippen molar-refractivity contribution in [3.63, 3.8) is 0 Å². The van der Waals surface area contributed by atoms with Crippen LogP contribution in [-0.4, -0.2) is 35.4 Å². The van der Waals surface area contributed by atoms with Crippen LogP contribution in [0.4, 0.5) is 0 Å². The maximum absolute atomic E-state index is 12.3. The molecule has 1 aliphatic heterocycles. The number of nitrogens with zero attached hydrogens (tertiary/aromatic N) is 2. The minimum atomic E-state index is 0.0565. The number of rotatable bonds is 6. The molecule has 134 valence electrons. The number of thiazole rings is 1. The normalized spacial score (nSPS) is 17.0. The van der Waals surface area contributed by atoms with E-state index < -0.39 is 0 Å². The van der Waals surface area contributed by atoms with E-state index in [2.05, 4.69) is 39.5 Å². The van der Waals surface area contributed by atoms with Gasteiger partial charge in [-0.3, -0.25) is 9.69 Å². The molecule has 2 heterocycles. The van der Waals surface area contributed by atoms with Gasteiger partial charge in [-0.2, -0.15) is 0 Å². The molecule has 25 heavy (non-hydrogen) atoms. The van der Waals surface area contributed by atoms with Crippen molar-refractivity contribution in [1.82, 2.24) is 15.2 Å². The summed E-state index contributed by atoms with van der Waals surface area (Å²) in [6, 6.07) is 10.8. The summed E-state index contributed by atoms with van der Waals surface area (Å²) >= 11 is 1.59. The molecule has 0 bridgehead atoms. The Kier molecular flexibility index (Phi) is 6.59. The average molecular weight is 358 g/mol. The van der Waals surface area contributed by atoms with E-state index >= 15 is 0 Å². The molecule has 0 saturated carbocycles. The number of carbonyl (C=O) groups is 1. The van der Waals surface area contributed by atoms with E-state index in [4.69, 9.17) is 0 Å². The smallest absolute Gasteiger partial charge is 0.226 e. The van der Waals surface area contributed by atoms with Crippen molar-refractivity contribution in [2.24, 2.45) is 0 Å². The molecule has 0 unspecified atom stereocenters. The van der Waals surface area contributed by atoms with Crippen LogP contribution >= 0.6 is 11.3 Å². The number of hydrogen-bond donors (Lipinski definition) is 1. The zero-order valence-corrected chi connectivity index (χ0v) is 15.7. The van der Waals surface area contributed by atoms with E-state index in [0.717, 1.165) is 23.8 Å². The van der Waals surface area contributed by atoms with Crippen LogP contribution in [0.2, 0.25) is 0 Å². The van der Waals surface area contributed by atoms with Crippen LogP contribution in [0.25, 0.3) is 0 Å². The van der Waals surface area contributed by atoms with Gasteiger partial charge < -0.3 is 5.32 Å². The molecule has 0 aliphatic carbocycles. The molecule has 5 heteroatoms. The number of likely N-dealkylation sites (tertiary alicyclic amines) is 1. The zero-order chi connectivity index (χ0) is 17.5. The average Bonchev–Trinajstić information content (AvgIpc) is 2.86. The lowest BCUT2D eigenvalue weighted by atomic mass is 10.0. The van der Waals surface area contributed by atoms with Gasteiger partial charge in [0.1, 0.15) is 0 Å². The van der Waals surface area contributed by atoms with Crippen molar-refractivity contribution in [2.75, 3.05) is 19.6 Å². The van der Waals surface area contributed by atoms with Gasteiger partial charge in [-0.05, 0) is 38.4 Å². The first kappa shape index (κ1) is 18.1. The van der Waals surface area contributed by atoms with Crippen molar-refractivity contribution >= 4 is 17.2 Å². The number of benzene rings is 1. The Labute approximate surface area is 154 Å². The summed E-state index contributed by atoms with van der Waals surface area (Å²) in [5.74, 6) is 0.0565. The number of aromatic nitrogens is 1. The lowest BCUT2D eigenvalue weighted by Gasteiger charge is -2.31. The van der Waals surface area contributed by atoms with Crippen LogP contribution < -0.4 is 5.32 Å². The van der Waals surface area contributed by atoms with E-state index in [1.807, 2.05) is 18.4 Å². The van der Waals surface area contributed by atoms with Gasteiger partial charge in [-0.25, -0.2) is 4.98 Å². The molecule has 2 aromatic rings. The van der Waals surface area contributed by atoms with Crippen molar-refractivity contribution in [1.29, 1.82) is 0 Å². The zero-order valence-electron chi connectivity index (χ0n) is 14.9. The van der Waals surface area contributed by atoms with Gasteiger partial charge in [0.25, 0.3) is 0 Å². The Morgan fingerprint density at radius 1 is 1.20 bits per heavy atom. The van der Waals surface area contributed by atoms with Crippen LogP contribution in [0.3, 0.4) is 0 Å². The number of hydrogen-bond acceptors (Lipinski definition) is 4. The van der Waals surface area contributed by atoms with E-state index in [1.165, 1.54) is 31.2 Å². The summed E-state index contributed by atoms with van der Waals surface area (Å²) in [6.07, 6.45) is 5.48. The molecule has 0 radical (unpaired) electrons. The first-order chi connectivity index (χ1) is 12.2. The predicted octanol–water partition coefficient (Wildman–Crippen LogP) is 3.73. The largest absolute Gasteiger partial charge is 0.354 e. The van der Waals surface area contributed by atoms with Gasteiger partial charge in [0.15, 0.2) is 0 Å². The van der Waals surface area contributed by atoms with Gasteiger partial charge >= 0.3 is 0 Å². The van der Waals surface area contributed by atoms with Gasteiger partial charge in [0.2, 0.25) is 5.91 Å². The Balaban J connectivity index is 1.63. The van der Waals surface area contributed by atoms with E-state index in [-0.39, 0.29) is 11.9 Å². The van der Waals surface area contributed by atoms with Gasteiger partial charge in [0, 0.05) is 11.9 Å². The van der Waals surface area contributed by atoms with E-state index in [1.54, 1.807) is 11.3 Å². The Hall–Kier alpha value is -1.72. The van der Waals surface area contributed by atoms with Crippen molar-refractivity contribution in [3.8, 4) is 0 Å². The highest BCUT2D eigenvalue weighted by Gasteiger charge is 2.22. The third-order valence-electron chi connectivity index (χ3n) is 4.77. The molecule has 1 N–H and O–H groups in total. The highest BCUT2D eigenvalue weighted by Crippen LogP contribution is 2.23. The van der Waals surface area contributed by atoms with Crippen LogP contribution in [0.5, 0.6) is 0 Å². The molecule has 1 aromatic carbocycles. The van der Waals surface area contributed by atoms with Gasteiger partial charge in [0.05, 0.1) is 23.2 Å². The van der Waals surface area contributed by atoms with E-state index in [9.17, 15) is 4.79 Å². The monoisotopic (exact) mass is 357 g/mol. The Morgan fingerprint density at radius 3 is 2.56 bits per heavy atom. The highest BCUT2D eigenvalue weighted by molar-refractivity contribution is 7.09. The fourth-order valence-corrected chi connectivity index (χ4v) is 4.08. The third kappa shape index (κ3) is 5.38. The second-order valence-electron chi connectivity index (χ2n) is 6.72. The standard InChI is InChI=1S/C20H27N3OS/c1-16-22-18(15-25-16)13-20(24)21-14-19(17-9-5-4-6-10-17)23-11-7-2-3-8-12-23/h4-6,9-10,15,19H,2-3,7-8,11-14H2,1H3,(H,21,24)/t19-/m1/s1. The fraction of sp³-hybridized carbons (Fsp3) is 0.500. The van der Waals surface area contributed by atoms with Crippen LogP contribution in [0.1, 0.15) is 48.0 Å². The van der Waals surface area contributed by atoms with Gasteiger partial charge in [-0.1, -0.05) is 43.2 Å². The summed E-state index contributed by atoms with van der Waals surface area (Å²) in [7, 11) is 0. The SMILES string of the molecule is Cc1nc(CC(=O)NC[C@H](c2ccccc2)N2CCCCCC2)cs1. The second-order valence-corrected chi connectivity index (χ2v) is 7.78. The lowest BCUT2D eigenvalue weighted by molar-refractivity contribution is -0.120. The maximum atomic E-state index is 12.3. The van der Waals surface area contributed by atoms with Crippen LogP contribution in [0.15, 0.2) is 35.7 Å². The number of carbonyl (C=O) groups excluding carboxylic acids is 1. The molecule has 1 amide bonds. The van der Waals surface area contributed by atoms with Crippen LogP contribution in [0, 0.1) is 6.92 Å². The van der Waals surface area contributed by atoms with Crippen molar-refractivity contribution in [2.45, 2.75) is 45.1 Å². The van der Waals surface area contributed by atoms with Crippen molar-refractivity contribution in [3.05, 3.63) is 52.0 Å². The minimum Gasteiger partial charge on any atom is -0.354 e. The molecule has 1 aromatic heterocycles. The molecule has 0 spiro atoms. The quantitative estimate of drug-likeness (QED) is 0.857. The summed E-state index contributed by atoms with van der Waals surface area (Å²) in [4.78, 5) is 19.3. The first-order valence-electron chi connectivity index (χ1n) is 9.19. The predicted molar refractivity (Wildman–Crippen MR) is 103 cm³/mol. The van der Waals surface area contributed by atoms with Crippen molar-refractivity contribution < 1.29 is 4.79 Å². The number of amides is 1. The number of nitrogens with one attached hydrogen (secondary N) is 1. The second kappa shape index (κ2) is 9.11. The molecule has 4 nitrogen and oxygen atoms in total. The Bertz CT molecular complexity index is 663. The molecule has 1 aliphatic rings. The lowest BCUT2D eigenvalue weighted by Crippen LogP contribution is -2.39. The third-order valence-corrected chi connectivity index (χ3v) is 5.59. The topological polar surface area (TPSA) is 45.2 Å². The molecule has 1 atom stereocenters. The molecular weight excluding hydrogens is 330 g/mol. The molecule has 1 fully saturated rings. The van der Waals surface area contributed by atoms with Gasteiger partial charge in [-0.15, -0.1) is 11.3 Å². The summed E-state index contributed by atoms with van der Waals surface area (Å²) in [6.45, 7) is 4.85. The molecule has 1 saturated heterocycles. The first-order valence-corrected chi connectivity index (χ1v) is 10.1. The van der Waals surface area contributed by atoms with Crippen LogP contribution in [-0.2, 0) is 11.2 Å². The fourth-order valence-electron chi connectivity index (χ4n) is 3.47.